The summed E-state index contributed by atoms with van der Waals surface area (Å²) in [6.07, 6.45) is 2.96. The molecule has 0 saturated carbocycles. The average molecular weight is 331 g/mol. The number of carbonyl (C=O) groups excluding carboxylic acids is 1. The van der Waals surface area contributed by atoms with Gasteiger partial charge in [-0.15, -0.1) is 0 Å². The van der Waals surface area contributed by atoms with E-state index >= 15 is 0 Å². The summed E-state index contributed by atoms with van der Waals surface area (Å²) < 4.78 is 0.905. The third kappa shape index (κ3) is 3.42. The van der Waals surface area contributed by atoms with E-state index in [1.165, 1.54) is 24.3 Å². The molecule has 0 radical (unpaired) electrons. The Labute approximate surface area is 124 Å². The molecular formula is C16H11BrO3. The van der Waals surface area contributed by atoms with E-state index in [4.69, 9.17) is 0 Å². The normalized spacial score (nSPS) is 10.7. The number of aromatic hydroxyl groups is 1. The van der Waals surface area contributed by atoms with Crippen molar-refractivity contribution in [3.63, 3.8) is 0 Å². The van der Waals surface area contributed by atoms with Crippen molar-refractivity contribution < 1.29 is 9.90 Å². The van der Waals surface area contributed by atoms with Crippen LogP contribution in [0.4, 0.5) is 0 Å². The molecule has 0 amide bonds. The first-order valence-corrected chi connectivity index (χ1v) is 6.67. The maximum atomic E-state index is 12.0. The molecule has 0 aliphatic heterocycles. The predicted molar refractivity (Wildman–Crippen MR) is 81.9 cm³/mol. The van der Waals surface area contributed by atoms with E-state index in [-0.39, 0.29) is 5.56 Å². The van der Waals surface area contributed by atoms with Crippen LogP contribution >= 0.6 is 15.9 Å². The molecule has 2 aromatic carbocycles. The lowest BCUT2D eigenvalue weighted by Crippen LogP contribution is -2.01. The molecule has 0 spiro atoms. The van der Waals surface area contributed by atoms with Crippen molar-refractivity contribution in [3.05, 3.63) is 80.4 Å². The van der Waals surface area contributed by atoms with E-state index in [0.29, 0.717) is 0 Å². The second-order valence-corrected chi connectivity index (χ2v) is 5.01. The van der Waals surface area contributed by atoms with Gasteiger partial charge in [-0.1, -0.05) is 46.3 Å². The Morgan fingerprint density at radius 2 is 1.85 bits per heavy atom. The van der Waals surface area contributed by atoms with Gasteiger partial charge in [0.15, 0.2) is 11.5 Å². The Morgan fingerprint density at radius 3 is 2.60 bits per heavy atom. The highest BCUT2D eigenvalue weighted by atomic mass is 79.9. The van der Waals surface area contributed by atoms with Gasteiger partial charge in [0.25, 0.3) is 0 Å². The highest BCUT2D eigenvalue weighted by Crippen LogP contribution is 2.15. The van der Waals surface area contributed by atoms with Crippen LogP contribution in [0.25, 0.3) is 6.08 Å². The lowest BCUT2D eigenvalue weighted by Gasteiger charge is -1.96. The van der Waals surface area contributed by atoms with Crippen LogP contribution < -0.4 is 5.43 Å². The van der Waals surface area contributed by atoms with E-state index in [1.807, 2.05) is 24.3 Å². The Hall–Kier alpha value is -2.20. The number of hydrogen-bond acceptors (Lipinski definition) is 3. The molecule has 0 heterocycles. The van der Waals surface area contributed by atoms with Crippen molar-refractivity contribution in [3.8, 4) is 5.75 Å². The highest BCUT2D eigenvalue weighted by molar-refractivity contribution is 9.10. The summed E-state index contributed by atoms with van der Waals surface area (Å²) in [5.41, 5.74) is 0.260. The topological polar surface area (TPSA) is 54.4 Å². The molecule has 0 bridgehead atoms. The van der Waals surface area contributed by atoms with Gasteiger partial charge < -0.3 is 5.11 Å². The molecular weight excluding hydrogens is 320 g/mol. The number of hydrogen-bond donors (Lipinski definition) is 1. The quantitative estimate of drug-likeness (QED) is 0.693. The number of carbonyl (C=O) groups is 1. The number of halogens is 1. The Morgan fingerprint density at radius 1 is 1.10 bits per heavy atom. The second kappa shape index (κ2) is 6.30. The van der Waals surface area contributed by atoms with Crippen LogP contribution in [-0.2, 0) is 0 Å². The van der Waals surface area contributed by atoms with Crippen molar-refractivity contribution in [1.82, 2.24) is 0 Å². The fraction of sp³-hybridized carbons (Fsp3) is 0. The van der Waals surface area contributed by atoms with Crippen molar-refractivity contribution >= 4 is 27.8 Å². The fourth-order valence-electron chi connectivity index (χ4n) is 1.66. The minimum atomic E-state index is -0.575. The molecule has 0 aromatic heterocycles. The largest absolute Gasteiger partial charge is 0.504 e. The third-order valence-corrected chi connectivity index (χ3v) is 3.14. The zero-order valence-electron chi connectivity index (χ0n) is 10.4. The van der Waals surface area contributed by atoms with Crippen LogP contribution in [-0.4, -0.2) is 10.9 Å². The molecule has 3 nitrogen and oxygen atoms in total. The van der Waals surface area contributed by atoms with E-state index in [1.54, 1.807) is 12.1 Å². The van der Waals surface area contributed by atoms with Crippen molar-refractivity contribution in [2.45, 2.75) is 0 Å². The van der Waals surface area contributed by atoms with E-state index in [9.17, 15) is 14.7 Å². The van der Waals surface area contributed by atoms with Crippen LogP contribution in [0.3, 0.4) is 0 Å². The smallest absolute Gasteiger partial charge is 0.220 e. The maximum Gasteiger partial charge on any atom is 0.220 e. The van der Waals surface area contributed by atoms with Gasteiger partial charge >= 0.3 is 0 Å². The third-order valence-electron chi connectivity index (χ3n) is 2.65. The Balaban J connectivity index is 2.32. The molecule has 0 aliphatic rings. The summed E-state index contributed by atoms with van der Waals surface area (Å²) in [6.45, 7) is 0. The lowest BCUT2D eigenvalue weighted by atomic mass is 10.1. The van der Waals surface area contributed by atoms with Gasteiger partial charge in [0.2, 0.25) is 5.43 Å². The zero-order chi connectivity index (χ0) is 14.5. The number of allylic oxidation sites excluding steroid dienone is 1. The summed E-state index contributed by atoms with van der Waals surface area (Å²) in [5, 5.41) is 9.69. The molecule has 0 aliphatic carbocycles. The van der Waals surface area contributed by atoms with E-state index < -0.39 is 17.0 Å². The molecule has 1 N–H and O–H groups in total. The minimum absolute atomic E-state index is 0.00810. The van der Waals surface area contributed by atoms with Gasteiger partial charge in [-0.25, -0.2) is 0 Å². The first kappa shape index (κ1) is 14.2. The van der Waals surface area contributed by atoms with Gasteiger partial charge in [0, 0.05) is 4.47 Å². The summed E-state index contributed by atoms with van der Waals surface area (Å²) in [5.74, 6) is -0.949. The van der Waals surface area contributed by atoms with Gasteiger partial charge in [-0.2, -0.15) is 0 Å². The second-order valence-electron chi connectivity index (χ2n) is 4.10. The van der Waals surface area contributed by atoms with E-state index in [0.717, 1.165) is 10.0 Å². The summed E-state index contributed by atoms with van der Waals surface area (Å²) in [7, 11) is 0. The maximum absolute atomic E-state index is 12.0. The van der Waals surface area contributed by atoms with Gasteiger partial charge in [0.1, 0.15) is 0 Å². The highest BCUT2D eigenvalue weighted by Gasteiger charge is 2.09. The van der Waals surface area contributed by atoms with Crippen molar-refractivity contribution in [2.75, 3.05) is 0 Å². The summed E-state index contributed by atoms with van der Waals surface area (Å²) in [6, 6.07) is 13.1. The average Bonchev–Trinajstić information content (AvgIpc) is 2.59. The molecule has 2 aromatic rings. The number of ketones is 1. The monoisotopic (exact) mass is 330 g/mol. The molecule has 4 heteroatoms. The first-order chi connectivity index (χ1) is 9.58. The van der Waals surface area contributed by atoms with Gasteiger partial charge in [-0.3, -0.25) is 9.59 Å². The van der Waals surface area contributed by atoms with Gasteiger partial charge in [0.05, 0.1) is 5.56 Å². The first-order valence-electron chi connectivity index (χ1n) is 5.88. The summed E-state index contributed by atoms with van der Waals surface area (Å²) >= 11 is 3.34. The molecule has 0 saturated heterocycles. The minimum Gasteiger partial charge on any atom is -0.504 e. The SMILES string of the molecule is O=C(/C=C\c1cccc(Br)c1)c1ccccc(=O)c1O. The molecule has 2 rings (SSSR count). The number of benzene rings is 1. The van der Waals surface area contributed by atoms with Crippen molar-refractivity contribution in [1.29, 1.82) is 0 Å². The van der Waals surface area contributed by atoms with Gasteiger partial charge in [-0.05, 0) is 35.9 Å². The predicted octanol–water partition coefficient (Wildman–Crippen LogP) is 3.41. The fourth-order valence-corrected chi connectivity index (χ4v) is 2.07. The zero-order valence-corrected chi connectivity index (χ0v) is 12.0. The molecule has 20 heavy (non-hydrogen) atoms. The van der Waals surface area contributed by atoms with Crippen LogP contribution in [0.1, 0.15) is 15.9 Å². The van der Waals surface area contributed by atoms with E-state index in [2.05, 4.69) is 15.9 Å². The van der Waals surface area contributed by atoms with Crippen LogP contribution in [0.2, 0.25) is 0 Å². The Kier molecular flexibility index (Phi) is 4.48. The van der Waals surface area contributed by atoms with Crippen molar-refractivity contribution in [2.24, 2.45) is 0 Å². The molecule has 100 valence electrons. The van der Waals surface area contributed by atoms with Crippen LogP contribution in [0.5, 0.6) is 5.75 Å². The van der Waals surface area contributed by atoms with Crippen LogP contribution in [0, 0.1) is 0 Å². The summed E-state index contributed by atoms with van der Waals surface area (Å²) in [4.78, 5) is 23.4. The van der Waals surface area contributed by atoms with Crippen LogP contribution in [0.15, 0.2) is 63.9 Å². The lowest BCUT2D eigenvalue weighted by molar-refractivity contribution is 0.104. The molecule has 0 unspecified atom stereocenters. The molecule has 0 atom stereocenters. The Bertz CT molecular complexity index is 736. The standard InChI is InChI=1S/C16H11BrO3/c17-12-5-3-4-11(10-12)8-9-14(18)13-6-1-2-7-15(19)16(13)20/h1-10H,(H,19,20)/b9-8-. The molecule has 0 fully saturated rings. The number of rotatable bonds is 3.